The zero-order valence-corrected chi connectivity index (χ0v) is 18.6. The lowest BCUT2D eigenvalue weighted by Gasteiger charge is -2.19. The van der Waals surface area contributed by atoms with Gasteiger partial charge in [-0.25, -0.2) is 9.48 Å². The summed E-state index contributed by atoms with van der Waals surface area (Å²) in [5.74, 6) is 0.999. The lowest BCUT2D eigenvalue weighted by molar-refractivity contribution is 0.0636. The molecule has 0 unspecified atom stereocenters. The lowest BCUT2D eigenvalue weighted by atomic mass is 10.0. The number of carbonyl (C=O) groups excluding carboxylic acids is 1. The average Bonchev–Trinajstić information content (AvgIpc) is 2.69. The molecule has 0 spiro atoms. The van der Waals surface area contributed by atoms with E-state index in [0.717, 1.165) is 5.56 Å². The fourth-order valence-corrected chi connectivity index (χ4v) is 3.25. The molecule has 1 aromatic heterocycles. The Morgan fingerprint density at radius 1 is 1.06 bits per heavy atom. The highest BCUT2D eigenvalue weighted by atomic mass is 16.6. The number of ether oxygens (including phenoxy) is 3. The summed E-state index contributed by atoms with van der Waals surface area (Å²) >= 11 is 0. The molecular weight excluding hydrogens is 398 g/mol. The van der Waals surface area contributed by atoms with Gasteiger partial charge < -0.3 is 14.2 Å². The minimum atomic E-state index is -0.584. The van der Waals surface area contributed by atoms with Crippen LogP contribution < -0.4 is 20.3 Å². The number of carbonyl (C=O) groups is 1. The predicted molar refractivity (Wildman–Crippen MR) is 119 cm³/mol. The summed E-state index contributed by atoms with van der Waals surface area (Å²) in [5.41, 5.74) is 1.42. The highest BCUT2D eigenvalue weighted by Crippen LogP contribution is 2.32. The van der Waals surface area contributed by atoms with Crippen molar-refractivity contribution in [1.29, 1.82) is 0 Å². The molecule has 8 nitrogen and oxygen atoms in total. The van der Waals surface area contributed by atoms with Crippen LogP contribution in [0.15, 0.2) is 41.2 Å². The van der Waals surface area contributed by atoms with Crippen LogP contribution in [0.3, 0.4) is 0 Å². The molecule has 0 saturated heterocycles. The summed E-state index contributed by atoms with van der Waals surface area (Å²) < 4.78 is 17.4. The Bertz CT molecular complexity index is 1180. The van der Waals surface area contributed by atoms with Gasteiger partial charge in [0.1, 0.15) is 5.60 Å². The molecule has 164 valence electrons. The van der Waals surface area contributed by atoms with Crippen LogP contribution in [0.4, 0.5) is 10.5 Å². The second kappa shape index (κ2) is 8.67. The first-order valence-electron chi connectivity index (χ1n) is 9.82. The van der Waals surface area contributed by atoms with E-state index in [1.807, 2.05) is 39.0 Å². The third kappa shape index (κ3) is 5.14. The summed E-state index contributed by atoms with van der Waals surface area (Å²) in [4.78, 5) is 24.7. The van der Waals surface area contributed by atoms with Gasteiger partial charge in [0.2, 0.25) is 0 Å². The first-order chi connectivity index (χ1) is 14.6. The molecule has 0 radical (unpaired) electrons. The molecule has 0 aliphatic carbocycles. The summed E-state index contributed by atoms with van der Waals surface area (Å²) in [6.45, 7) is 5.42. The van der Waals surface area contributed by atoms with Gasteiger partial charge in [0, 0.05) is 24.5 Å². The standard InChI is InChI=1S/C23H27N3O5/c1-23(2,3)31-22(28)24-15-9-7-8-14(10-15)11-18-16-12-19(29-5)20(30-6)13-17(16)21(27)26(4)25-18/h7-10,12-13H,11H2,1-6H3,(H,24,28). The number of hydrogen-bond acceptors (Lipinski definition) is 6. The first-order valence-corrected chi connectivity index (χ1v) is 9.82. The molecule has 2 aromatic carbocycles. The number of amides is 1. The van der Waals surface area contributed by atoms with Gasteiger partial charge in [0.25, 0.3) is 5.56 Å². The van der Waals surface area contributed by atoms with Gasteiger partial charge in [0.05, 0.1) is 25.3 Å². The molecule has 3 rings (SSSR count). The molecule has 1 amide bonds. The molecule has 8 heteroatoms. The van der Waals surface area contributed by atoms with E-state index in [0.29, 0.717) is 40.1 Å². The Hall–Kier alpha value is -3.55. The van der Waals surface area contributed by atoms with Gasteiger partial charge in [-0.2, -0.15) is 5.10 Å². The normalized spacial score (nSPS) is 11.3. The van der Waals surface area contributed by atoms with E-state index >= 15 is 0 Å². The van der Waals surface area contributed by atoms with Crippen LogP contribution in [0.25, 0.3) is 10.8 Å². The Balaban J connectivity index is 1.97. The molecule has 0 atom stereocenters. The van der Waals surface area contributed by atoms with Crippen molar-refractivity contribution in [3.63, 3.8) is 0 Å². The maximum Gasteiger partial charge on any atom is 0.412 e. The number of nitrogens with one attached hydrogen (secondary N) is 1. The molecule has 1 N–H and O–H groups in total. The molecule has 3 aromatic rings. The van der Waals surface area contributed by atoms with Crippen molar-refractivity contribution in [3.8, 4) is 11.5 Å². The zero-order valence-electron chi connectivity index (χ0n) is 18.6. The fraction of sp³-hybridized carbons (Fsp3) is 0.348. The second-order valence-corrected chi connectivity index (χ2v) is 8.13. The predicted octanol–water partition coefficient (Wildman–Crippen LogP) is 3.89. The van der Waals surface area contributed by atoms with E-state index in [1.54, 1.807) is 32.4 Å². The number of hydrogen-bond donors (Lipinski definition) is 1. The average molecular weight is 425 g/mol. The summed E-state index contributed by atoms with van der Waals surface area (Å²) in [7, 11) is 4.69. The lowest BCUT2D eigenvalue weighted by Crippen LogP contribution is -2.27. The van der Waals surface area contributed by atoms with E-state index in [2.05, 4.69) is 10.4 Å². The largest absolute Gasteiger partial charge is 0.493 e. The minimum Gasteiger partial charge on any atom is -0.493 e. The molecule has 0 aliphatic heterocycles. The van der Waals surface area contributed by atoms with Crippen LogP contribution in [-0.2, 0) is 18.2 Å². The summed E-state index contributed by atoms with van der Waals surface area (Å²) in [6.07, 6.45) is -0.0728. The second-order valence-electron chi connectivity index (χ2n) is 8.13. The summed E-state index contributed by atoms with van der Waals surface area (Å²) in [6, 6.07) is 10.8. The molecule has 0 saturated carbocycles. The Labute approximate surface area is 180 Å². The maximum atomic E-state index is 12.6. The molecule has 0 bridgehead atoms. The monoisotopic (exact) mass is 425 g/mol. The first kappa shape index (κ1) is 22.1. The third-order valence-electron chi connectivity index (χ3n) is 4.57. The van der Waals surface area contributed by atoms with Crippen LogP contribution >= 0.6 is 0 Å². The van der Waals surface area contributed by atoms with E-state index in [1.165, 1.54) is 11.8 Å². The SMILES string of the molecule is COc1cc2c(Cc3cccc(NC(=O)OC(C)(C)C)c3)nn(C)c(=O)c2cc1OC. The Morgan fingerprint density at radius 3 is 2.32 bits per heavy atom. The number of aromatic nitrogens is 2. The van der Waals surface area contributed by atoms with Gasteiger partial charge in [-0.1, -0.05) is 12.1 Å². The number of rotatable bonds is 5. The molecule has 31 heavy (non-hydrogen) atoms. The molecule has 1 heterocycles. The highest BCUT2D eigenvalue weighted by Gasteiger charge is 2.17. The number of fused-ring (bicyclic) bond motifs is 1. The van der Waals surface area contributed by atoms with Crippen LogP contribution in [0.5, 0.6) is 11.5 Å². The summed E-state index contributed by atoms with van der Waals surface area (Å²) in [5, 5.41) is 8.38. The van der Waals surface area contributed by atoms with Gasteiger partial charge in [-0.15, -0.1) is 0 Å². The number of aryl methyl sites for hydroxylation is 1. The maximum absolute atomic E-state index is 12.6. The van der Waals surface area contributed by atoms with Crippen molar-refractivity contribution in [1.82, 2.24) is 9.78 Å². The van der Waals surface area contributed by atoms with Gasteiger partial charge in [-0.3, -0.25) is 10.1 Å². The molecular formula is C23H27N3O5. The van der Waals surface area contributed by atoms with Crippen molar-refractivity contribution in [2.24, 2.45) is 7.05 Å². The third-order valence-corrected chi connectivity index (χ3v) is 4.57. The van der Waals surface area contributed by atoms with E-state index in [9.17, 15) is 9.59 Å². The highest BCUT2D eigenvalue weighted by molar-refractivity contribution is 5.88. The number of anilines is 1. The van der Waals surface area contributed by atoms with Crippen molar-refractivity contribution in [2.45, 2.75) is 32.8 Å². The van der Waals surface area contributed by atoms with Crippen LogP contribution in [-0.4, -0.2) is 35.7 Å². The van der Waals surface area contributed by atoms with Crippen molar-refractivity contribution in [2.75, 3.05) is 19.5 Å². The zero-order chi connectivity index (χ0) is 22.8. The van der Waals surface area contributed by atoms with Crippen molar-refractivity contribution < 1.29 is 19.0 Å². The van der Waals surface area contributed by atoms with Crippen molar-refractivity contribution in [3.05, 3.63) is 58.0 Å². The van der Waals surface area contributed by atoms with Crippen LogP contribution in [0.2, 0.25) is 0 Å². The number of nitrogens with zero attached hydrogens (tertiary/aromatic N) is 2. The fourth-order valence-electron chi connectivity index (χ4n) is 3.25. The number of methoxy groups -OCH3 is 2. The van der Waals surface area contributed by atoms with E-state index < -0.39 is 11.7 Å². The van der Waals surface area contributed by atoms with Crippen molar-refractivity contribution >= 4 is 22.6 Å². The Kier molecular flexibility index (Phi) is 6.19. The Morgan fingerprint density at radius 2 is 1.71 bits per heavy atom. The van der Waals surface area contributed by atoms with Crippen LogP contribution in [0.1, 0.15) is 32.0 Å². The molecule has 0 fully saturated rings. The van der Waals surface area contributed by atoms with Gasteiger partial charge in [0.15, 0.2) is 11.5 Å². The van der Waals surface area contributed by atoms with Gasteiger partial charge >= 0.3 is 6.09 Å². The van der Waals surface area contributed by atoms with E-state index in [-0.39, 0.29) is 5.56 Å². The van der Waals surface area contributed by atoms with Crippen LogP contribution in [0, 0.1) is 0 Å². The minimum absolute atomic E-state index is 0.222. The van der Waals surface area contributed by atoms with E-state index in [4.69, 9.17) is 14.2 Å². The number of benzene rings is 2. The van der Waals surface area contributed by atoms with Gasteiger partial charge in [-0.05, 0) is 50.6 Å². The quantitative estimate of drug-likeness (QED) is 0.667. The molecule has 0 aliphatic rings. The topological polar surface area (TPSA) is 91.7 Å². The smallest absolute Gasteiger partial charge is 0.412 e.